The number of benzene rings is 1. The number of nitrogens with zero attached hydrogens (tertiary/aromatic N) is 1. The molecule has 0 aliphatic rings. The summed E-state index contributed by atoms with van der Waals surface area (Å²) in [6.07, 6.45) is 0. The molecule has 0 aliphatic heterocycles. The molecule has 2 N–H and O–H groups in total. The SMILES string of the molecule is CNc1nc(-c2cc(F)ccc2OC)ccc1C(=O)O. The van der Waals surface area contributed by atoms with Gasteiger partial charge in [0.05, 0.1) is 12.8 Å². The number of carboxylic acid groups (broad SMARTS) is 1. The summed E-state index contributed by atoms with van der Waals surface area (Å²) < 4.78 is 18.5. The van der Waals surface area contributed by atoms with Gasteiger partial charge in [0.15, 0.2) is 0 Å². The maximum Gasteiger partial charge on any atom is 0.339 e. The first kappa shape index (κ1) is 13.8. The second-order valence-electron chi connectivity index (χ2n) is 3.99. The number of aromatic carboxylic acids is 1. The predicted molar refractivity (Wildman–Crippen MR) is 72.7 cm³/mol. The number of methoxy groups -OCH3 is 1. The summed E-state index contributed by atoms with van der Waals surface area (Å²) in [4.78, 5) is 15.2. The number of nitrogens with one attached hydrogen (secondary N) is 1. The van der Waals surface area contributed by atoms with Crippen LogP contribution in [0.25, 0.3) is 11.3 Å². The van der Waals surface area contributed by atoms with E-state index < -0.39 is 11.8 Å². The van der Waals surface area contributed by atoms with Gasteiger partial charge in [-0.2, -0.15) is 0 Å². The van der Waals surface area contributed by atoms with Crippen molar-refractivity contribution >= 4 is 11.8 Å². The molecule has 0 saturated heterocycles. The molecule has 5 nitrogen and oxygen atoms in total. The summed E-state index contributed by atoms with van der Waals surface area (Å²) in [6.45, 7) is 0. The van der Waals surface area contributed by atoms with Crippen LogP contribution in [0.3, 0.4) is 0 Å². The Morgan fingerprint density at radius 1 is 1.35 bits per heavy atom. The molecule has 0 radical (unpaired) electrons. The van der Waals surface area contributed by atoms with Crippen LogP contribution in [0.1, 0.15) is 10.4 Å². The zero-order chi connectivity index (χ0) is 14.7. The molecule has 2 rings (SSSR count). The molecule has 0 amide bonds. The number of aromatic nitrogens is 1. The number of ether oxygens (including phenoxy) is 1. The molecule has 0 bridgehead atoms. The summed E-state index contributed by atoms with van der Waals surface area (Å²) in [7, 11) is 3.04. The van der Waals surface area contributed by atoms with Crippen molar-refractivity contribution in [1.82, 2.24) is 4.98 Å². The molecule has 0 fully saturated rings. The highest BCUT2D eigenvalue weighted by Crippen LogP contribution is 2.30. The Morgan fingerprint density at radius 2 is 2.10 bits per heavy atom. The molecule has 0 atom stereocenters. The second-order valence-corrected chi connectivity index (χ2v) is 3.99. The Hall–Kier alpha value is -2.63. The number of hydrogen-bond donors (Lipinski definition) is 2. The minimum absolute atomic E-state index is 0.0478. The summed E-state index contributed by atoms with van der Waals surface area (Å²) >= 11 is 0. The average Bonchev–Trinajstić information content (AvgIpc) is 2.46. The van der Waals surface area contributed by atoms with Crippen LogP contribution < -0.4 is 10.1 Å². The Kier molecular flexibility index (Phi) is 3.84. The third-order valence-corrected chi connectivity index (χ3v) is 2.80. The van der Waals surface area contributed by atoms with E-state index in [1.54, 1.807) is 7.05 Å². The lowest BCUT2D eigenvalue weighted by atomic mass is 10.1. The van der Waals surface area contributed by atoms with Crippen molar-refractivity contribution in [2.24, 2.45) is 0 Å². The van der Waals surface area contributed by atoms with Crippen LogP contribution in [-0.4, -0.2) is 30.2 Å². The van der Waals surface area contributed by atoms with Crippen molar-refractivity contribution in [3.8, 4) is 17.0 Å². The van der Waals surface area contributed by atoms with Crippen LogP contribution in [0.15, 0.2) is 30.3 Å². The lowest BCUT2D eigenvalue weighted by Gasteiger charge is -2.11. The zero-order valence-corrected chi connectivity index (χ0v) is 11.0. The van der Waals surface area contributed by atoms with E-state index >= 15 is 0 Å². The van der Waals surface area contributed by atoms with Crippen LogP contribution in [-0.2, 0) is 0 Å². The maximum absolute atomic E-state index is 13.4. The van der Waals surface area contributed by atoms with Gasteiger partial charge < -0.3 is 15.2 Å². The molecule has 1 heterocycles. The number of anilines is 1. The molecular formula is C14H13FN2O3. The van der Waals surface area contributed by atoms with Gasteiger partial charge in [0.2, 0.25) is 0 Å². The number of carboxylic acids is 1. The lowest BCUT2D eigenvalue weighted by molar-refractivity contribution is 0.0697. The summed E-state index contributed by atoms with van der Waals surface area (Å²) in [5.74, 6) is -0.833. The Labute approximate surface area is 115 Å². The van der Waals surface area contributed by atoms with Gasteiger partial charge in [-0.15, -0.1) is 0 Å². The minimum atomic E-state index is -1.08. The predicted octanol–water partition coefficient (Wildman–Crippen LogP) is 2.64. The van der Waals surface area contributed by atoms with Gasteiger partial charge in [-0.3, -0.25) is 0 Å². The van der Waals surface area contributed by atoms with Crippen molar-refractivity contribution in [1.29, 1.82) is 0 Å². The van der Waals surface area contributed by atoms with E-state index in [1.165, 1.54) is 37.4 Å². The normalized spacial score (nSPS) is 10.2. The zero-order valence-electron chi connectivity index (χ0n) is 11.0. The van der Waals surface area contributed by atoms with Crippen molar-refractivity contribution in [2.45, 2.75) is 0 Å². The van der Waals surface area contributed by atoms with Crippen molar-refractivity contribution in [3.05, 3.63) is 41.7 Å². The van der Waals surface area contributed by atoms with Crippen LogP contribution in [0.5, 0.6) is 5.75 Å². The quantitative estimate of drug-likeness (QED) is 0.898. The number of rotatable bonds is 4. The first-order valence-corrected chi connectivity index (χ1v) is 5.83. The molecule has 2 aromatic rings. The summed E-state index contributed by atoms with van der Waals surface area (Å²) in [5.41, 5.74) is 0.934. The van der Waals surface area contributed by atoms with Gasteiger partial charge in [0.1, 0.15) is 22.9 Å². The van der Waals surface area contributed by atoms with Gasteiger partial charge in [0.25, 0.3) is 0 Å². The minimum Gasteiger partial charge on any atom is -0.496 e. The third-order valence-electron chi connectivity index (χ3n) is 2.80. The first-order valence-electron chi connectivity index (χ1n) is 5.83. The Balaban J connectivity index is 2.59. The summed E-state index contributed by atoms with van der Waals surface area (Å²) in [6, 6.07) is 7.01. The molecule has 1 aromatic heterocycles. The van der Waals surface area contributed by atoms with Gasteiger partial charge in [-0.25, -0.2) is 14.2 Å². The van der Waals surface area contributed by atoms with Crippen molar-refractivity contribution < 1.29 is 19.0 Å². The van der Waals surface area contributed by atoms with E-state index in [0.29, 0.717) is 17.0 Å². The molecule has 0 spiro atoms. The van der Waals surface area contributed by atoms with Gasteiger partial charge in [-0.1, -0.05) is 0 Å². The average molecular weight is 276 g/mol. The van der Waals surface area contributed by atoms with Crippen molar-refractivity contribution in [3.63, 3.8) is 0 Å². The van der Waals surface area contributed by atoms with E-state index in [-0.39, 0.29) is 11.4 Å². The number of pyridine rings is 1. The molecule has 1 aromatic carbocycles. The highest BCUT2D eigenvalue weighted by Gasteiger charge is 2.14. The Bertz CT molecular complexity index is 659. The van der Waals surface area contributed by atoms with E-state index in [9.17, 15) is 9.18 Å². The number of halogens is 1. The maximum atomic E-state index is 13.4. The monoisotopic (exact) mass is 276 g/mol. The molecular weight excluding hydrogens is 263 g/mol. The smallest absolute Gasteiger partial charge is 0.339 e. The molecule has 6 heteroatoms. The fourth-order valence-corrected chi connectivity index (χ4v) is 1.85. The van der Waals surface area contributed by atoms with Gasteiger partial charge >= 0.3 is 5.97 Å². The van der Waals surface area contributed by atoms with Crippen LogP contribution in [0.4, 0.5) is 10.2 Å². The third kappa shape index (κ3) is 2.54. The number of carbonyl (C=O) groups is 1. The lowest BCUT2D eigenvalue weighted by Crippen LogP contribution is -2.05. The van der Waals surface area contributed by atoms with E-state index in [2.05, 4.69) is 10.3 Å². The fraction of sp³-hybridized carbons (Fsp3) is 0.143. The van der Waals surface area contributed by atoms with Crippen molar-refractivity contribution in [2.75, 3.05) is 19.5 Å². The Morgan fingerprint density at radius 3 is 2.70 bits per heavy atom. The molecule has 0 aliphatic carbocycles. The highest BCUT2D eigenvalue weighted by molar-refractivity contribution is 5.93. The van der Waals surface area contributed by atoms with E-state index in [1.807, 2.05) is 0 Å². The summed E-state index contributed by atoms with van der Waals surface area (Å²) in [5, 5.41) is 11.8. The van der Waals surface area contributed by atoms with E-state index in [4.69, 9.17) is 9.84 Å². The second kappa shape index (κ2) is 5.56. The van der Waals surface area contributed by atoms with Gasteiger partial charge in [0, 0.05) is 12.6 Å². The standard InChI is InChI=1S/C14H13FN2O3/c1-16-13-9(14(18)19)4-5-11(17-13)10-7-8(15)3-6-12(10)20-2/h3-7H,1-2H3,(H,16,17)(H,18,19). The largest absolute Gasteiger partial charge is 0.496 e. The fourth-order valence-electron chi connectivity index (χ4n) is 1.85. The van der Waals surface area contributed by atoms with Crippen LogP contribution in [0, 0.1) is 5.82 Å². The molecule has 0 unspecified atom stereocenters. The van der Waals surface area contributed by atoms with Gasteiger partial charge in [-0.05, 0) is 30.3 Å². The molecule has 104 valence electrons. The van der Waals surface area contributed by atoms with Crippen LogP contribution in [0.2, 0.25) is 0 Å². The van der Waals surface area contributed by atoms with E-state index in [0.717, 1.165) is 0 Å². The topological polar surface area (TPSA) is 71.5 Å². The number of hydrogen-bond acceptors (Lipinski definition) is 4. The highest BCUT2D eigenvalue weighted by atomic mass is 19.1. The molecule has 20 heavy (non-hydrogen) atoms. The first-order chi connectivity index (χ1) is 9.56. The molecule has 0 saturated carbocycles. The van der Waals surface area contributed by atoms with Crippen LogP contribution >= 0.6 is 0 Å².